The fourth-order valence-electron chi connectivity index (χ4n) is 1.85. The summed E-state index contributed by atoms with van der Waals surface area (Å²) in [6, 6.07) is 3.40. The molecule has 0 atom stereocenters. The third-order valence-electron chi connectivity index (χ3n) is 2.68. The summed E-state index contributed by atoms with van der Waals surface area (Å²) in [5.41, 5.74) is 2.29. The molecule has 0 saturated carbocycles. The predicted octanol–water partition coefficient (Wildman–Crippen LogP) is 1.82. The van der Waals surface area contributed by atoms with Gasteiger partial charge in [-0.05, 0) is 36.7 Å². The van der Waals surface area contributed by atoms with Gasteiger partial charge in [0.25, 0.3) is 0 Å². The third kappa shape index (κ3) is 1.60. The van der Waals surface area contributed by atoms with Crippen LogP contribution < -0.4 is 4.74 Å². The molecule has 0 amide bonds. The Bertz CT molecular complexity index is 351. The van der Waals surface area contributed by atoms with Crippen molar-refractivity contribution in [2.75, 3.05) is 20.7 Å². The van der Waals surface area contributed by atoms with Crippen LogP contribution in [0.1, 0.15) is 11.1 Å². The number of nitrogens with zero attached hydrogens (tertiary/aromatic N) is 1. The Hall–Kier alpha value is -1.09. The molecular formula is C11H14FNO. The number of benzene rings is 1. The Morgan fingerprint density at radius 2 is 2.14 bits per heavy atom. The first kappa shape index (κ1) is 9.46. The van der Waals surface area contributed by atoms with Crippen molar-refractivity contribution in [3.8, 4) is 5.75 Å². The minimum Gasteiger partial charge on any atom is -0.494 e. The molecule has 2 rings (SSSR count). The van der Waals surface area contributed by atoms with E-state index in [0.29, 0.717) is 5.75 Å². The Morgan fingerprint density at radius 1 is 1.36 bits per heavy atom. The number of likely N-dealkylation sites (N-methyl/N-ethyl adjacent to an activating group) is 1. The molecule has 0 saturated heterocycles. The van der Waals surface area contributed by atoms with Crippen LogP contribution in [-0.2, 0) is 13.0 Å². The Morgan fingerprint density at radius 3 is 2.86 bits per heavy atom. The van der Waals surface area contributed by atoms with Crippen LogP contribution in [0.25, 0.3) is 0 Å². The summed E-state index contributed by atoms with van der Waals surface area (Å²) in [7, 11) is 3.55. The highest BCUT2D eigenvalue weighted by Gasteiger charge is 2.16. The van der Waals surface area contributed by atoms with E-state index in [1.165, 1.54) is 12.7 Å². The van der Waals surface area contributed by atoms with Crippen molar-refractivity contribution in [1.29, 1.82) is 0 Å². The van der Waals surface area contributed by atoms with Gasteiger partial charge in [0.2, 0.25) is 0 Å². The van der Waals surface area contributed by atoms with E-state index in [9.17, 15) is 4.39 Å². The second-order valence-corrected chi connectivity index (χ2v) is 3.74. The summed E-state index contributed by atoms with van der Waals surface area (Å²) in [4.78, 5) is 2.19. The van der Waals surface area contributed by atoms with E-state index >= 15 is 0 Å². The molecule has 0 unspecified atom stereocenters. The van der Waals surface area contributed by atoms with E-state index in [-0.39, 0.29) is 5.82 Å². The minimum absolute atomic E-state index is 0.262. The zero-order chi connectivity index (χ0) is 10.1. The second kappa shape index (κ2) is 3.58. The average molecular weight is 195 g/mol. The first-order chi connectivity index (χ1) is 6.70. The largest absolute Gasteiger partial charge is 0.494 e. The fourth-order valence-corrected chi connectivity index (χ4v) is 1.85. The minimum atomic E-state index is -0.262. The highest BCUT2D eigenvalue weighted by atomic mass is 19.1. The Labute approximate surface area is 83.3 Å². The van der Waals surface area contributed by atoms with Crippen LogP contribution in [0, 0.1) is 5.82 Å². The first-order valence-corrected chi connectivity index (χ1v) is 4.74. The zero-order valence-corrected chi connectivity index (χ0v) is 8.51. The maximum Gasteiger partial charge on any atom is 0.165 e. The molecule has 1 aliphatic rings. The number of hydrogen-bond donors (Lipinski definition) is 0. The smallest absolute Gasteiger partial charge is 0.165 e. The van der Waals surface area contributed by atoms with Gasteiger partial charge in [-0.25, -0.2) is 4.39 Å². The maximum absolute atomic E-state index is 13.4. The molecule has 1 aromatic rings. The van der Waals surface area contributed by atoms with Crippen molar-refractivity contribution in [2.24, 2.45) is 0 Å². The van der Waals surface area contributed by atoms with Gasteiger partial charge in [0.1, 0.15) is 0 Å². The van der Waals surface area contributed by atoms with Crippen molar-refractivity contribution in [3.63, 3.8) is 0 Å². The third-order valence-corrected chi connectivity index (χ3v) is 2.68. The van der Waals surface area contributed by atoms with Gasteiger partial charge in [0.15, 0.2) is 11.6 Å². The van der Waals surface area contributed by atoms with Crippen LogP contribution in [0.2, 0.25) is 0 Å². The molecule has 3 heteroatoms. The van der Waals surface area contributed by atoms with Crippen LogP contribution in [0.15, 0.2) is 12.1 Å². The lowest BCUT2D eigenvalue weighted by molar-refractivity contribution is 0.309. The number of halogens is 1. The molecule has 0 spiro atoms. The van der Waals surface area contributed by atoms with Gasteiger partial charge in [-0.15, -0.1) is 0 Å². The predicted molar refractivity (Wildman–Crippen MR) is 53.0 cm³/mol. The van der Waals surface area contributed by atoms with Crippen LogP contribution >= 0.6 is 0 Å². The molecular weight excluding hydrogens is 181 g/mol. The van der Waals surface area contributed by atoms with Gasteiger partial charge >= 0.3 is 0 Å². The van der Waals surface area contributed by atoms with Crippen LogP contribution in [-0.4, -0.2) is 25.6 Å². The van der Waals surface area contributed by atoms with Crippen molar-refractivity contribution < 1.29 is 9.13 Å². The monoisotopic (exact) mass is 195 g/mol. The molecule has 1 heterocycles. The van der Waals surface area contributed by atoms with E-state index in [1.807, 2.05) is 13.1 Å². The van der Waals surface area contributed by atoms with E-state index in [1.54, 1.807) is 6.07 Å². The van der Waals surface area contributed by atoms with E-state index in [2.05, 4.69) is 4.90 Å². The fraction of sp³-hybridized carbons (Fsp3) is 0.455. The lowest BCUT2D eigenvalue weighted by Crippen LogP contribution is -2.26. The van der Waals surface area contributed by atoms with E-state index in [4.69, 9.17) is 4.74 Å². The van der Waals surface area contributed by atoms with Crippen LogP contribution in [0.4, 0.5) is 4.39 Å². The molecule has 1 aromatic carbocycles. The summed E-state index contributed by atoms with van der Waals surface area (Å²) in [6.45, 7) is 1.86. The molecule has 76 valence electrons. The van der Waals surface area contributed by atoms with Gasteiger partial charge in [0, 0.05) is 13.1 Å². The molecule has 0 N–H and O–H groups in total. The van der Waals surface area contributed by atoms with Gasteiger partial charge in [-0.3, -0.25) is 0 Å². The number of hydrogen-bond acceptors (Lipinski definition) is 2. The van der Waals surface area contributed by atoms with Gasteiger partial charge in [0.05, 0.1) is 7.11 Å². The highest BCUT2D eigenvalue weighted by Crippen LogP contribution is 2.26. The molecule has 14 heavy (non-hydrogen) atoms. The first-order valence-electron chi connectivity index (χ1n) is 4.74. The number of methoxy groups -OCH3 is 1. The molecule has 0 radical (unpaired) electrons. The zero-order valence-electron chi connectivity index (χ0n) is 8.51. The normalized spacial score (nSPS) is 16.5. The number of ether oxygens (including phenoxy) is 1. The van der Waals surface area contributed by atoms with Crippen molar-refractivity contribution in [3.05, 3.63) is 29.1 Å². The molecule has 0 aromatic heterocycles. The second-order valence-electron chi connectivity index (χ2n) is 3.74. The SMILES string of the molecule is COc1cc2c(cc1F)CN(C)CC2. The summed E-state index contributed by atoms with van der Waals surface area (Å²) < 4.78 is 18.3. The number of rotatable bonds is 1. The van der Waals surface area contributed by atoms with Crippen LogP contribution in [0.5, 0.6) is 5.75 Å². The lowest BCUT2D eigenvalue weighted by Gasteiger charge is -2.25. The standard InChI is InChI=1S/C11H14FNO/c1-13-4-3-8-6-11(14-2)10(12)5-9(8)7-13/h5-6H,3-4,7H2,1-2H3. The van der Waals surface area contributed by atoms with E-state index < -0.39 is 0 Å². The van der Waals surface area contributed by atoms with Crippen molar-refractivity contribution in [2.45, 2.75) is 13.0 Å². The van der Waals surface area contributed by atoms with Crippen LogP contribution in [0.3, 0.4) is 0 Å². The summed E-state index contributed by atoms with van der Waals surface area (Å²) in [6.07, 6.45) is 0.975. The molecule has 0 fully saturated rings. The van der Waals surface area contributed by atoms with Crippen molar-refractivity contribution >= 4 is 0 Å². The van der Waals surface area contributed by atoms with E-state index in [0.717, 1.165) is 25.1 Å². The maximum atomic E-state index is 13.4. The Kier molecular flexibility index (Phi) is 2.42. The highest BCUT2D eigenvalue weighted by molar-refractivity contribution is 5.38. The summed E-state index contributed by atoms with van der Waals surface area (Å²) in [5, 5.41) is 0. The van der Waals surface area contributed by atoms with Crippen molar-refractivity contribution in [1.82, 2.24) is 4.90 Å². The summed E-state index contributed by atoms with van der Waals surface area (Å²) in [5.74, 6) is 0.0925. The summed E-state index contributed by atoms with van der Waals surface area (Å²) >= 11 is 0. The molecule has 0 aliphatic carbocycles. The lowest BCUT2D eigenvalue weighted by atomic mass is 9.99. The topological polar surface area (TPSA) is 12.5 Å². The quantitative estimate of drug-likeness (QED) is 0.677. The van der Waals surface area contributed by atoms with Gasteiger partial charge < -0.3 is 9.64 Å². The Balaban J connectivity index is 2.40. The molecule has 0 bridgehead atoms. The van der Waals surface area contributed by atoms with Gasteiger partial charge in [-0.1, -0.05) is 0 Å². The molecule has 1 aliphatic heterocycles. The average Bonchev–Trinajstić information content (AvgIpc) is 2.16. The number of fused-ring (bicyclic) bond motifs is 1. The van der Waals surface area contributed by atoms with Gasteiger partial charge in [-0.2, -0.15) is 0 Å². The molecule has 2 nitrogen and oxygen atoms in total.